The van der Waals surface area contributed by atoms with Gasteiger partial charge in [0.2, 0.25) is 5.91 Å². The first-order chi connectivity index (χ1) is 9.79. The number of carbonyl (C=O) groups excluding carboxylic acids is 1. The number of nitrogens with zero attached hydrogens (tertiary/aromatic N) is 1. The highest BCUT2D eigenvalue weighted by Crippen LogP contribution is 2.13. The Morgan fingerprint density at radius 1 is 1.38 bits per heavy atom. The summed E-state index contributed by atoms with van der Waals surface area (Å²) in [5.41, 5.74) is 0.368. The molecule has 0 fully saturated rings. The molecule has 1 aromatic carbocycles. The quantitative estimate of drug-likeness (QED) is 0.588. The van der Waals surface area contributed by atoms with Crippen molar-refractivity contribution in [2.45, 2.75) is 32.7 Å². The predicted molar refractivity (Wildman–Crippen MR) is 75.8 cm³/mol. The second-order valence-corrected chi connectivity index (χ2v) is 5.19. The van der Waals surface area contributed by atoms with E-state index in [4.69, 9.17) is 5.11 Å². The summed E-state index contributed by atoms with van der Waals surface area (Å²) in [4.78, 5) is 33.0. The van der Waals surface area contributed by atoms with Gasteiger partial charge in [-0.25, -0.2) is 4.79 Å². The lowest BCUT2D eigenvalue weighted by atomic mass is 10.0. The van der Waals surface area contributed by atoms with Gasteiger partial charge in [-0.2, -0.15) is 0 Å². The van der Waals surface area contributed by atoms with Crippen LogP contribution in [-0.2, 0) is 16.0 Å². The molecule has 1 atom stereocenters. The number of aliphatic carboxylic acids is 1. The van der Waals surface area contributed by atoms with Crippen LogP contribution < -0.4 is 5.32 Å². The number of hydrogen-bond donors (Lipinski definition) is 2. The summed E-state index contributed by atoms with van der Waals surface area (Å²) in [7, 11) is 0. The molecular weight excluding hydrogens is 276 g/mol. The Labute approximate surface area is 122 Å². The molecule has 0 bridgehead atoms. The number of carboxylic acids is 1. The van der Waals surface area contributed by atoms with Gasteiger partial charge in [0, 0.05) is 12.1 Å². The van der Waals surface area contributed by atoms with Crippen LogP contribution in [0.4, 0.5) is 5.69 Å². The van der Waals surface area contributed by atoms with Crippen molar-refractivity contribution in [1.29, 1.82) is 0 Å². The van der Waals surface area contributed by atoms with E-state index in [2.05, 4.69) is 5.32 Å². The highest BCUT2D eigenvalue weighted by atomic mass is 16.6. The van der Waals surface area contributed by atoms with E-state index in [1.807, 2.05) is 13.8 Å². The van der Waals surface area contributed by atoms with Gasteiger partial charge in [0.25, 0.3) is 5.69 Å². The third-order valence-electron chi connectivity index (χ3n) is 2.83. The van der Waals surface area contributed by atoms with Crippen LogP contribution in [0.25, 0.3) is 0 Å². The maximum absolute atomic E-state index is 11.8. The van der Waals surface area contributed by atoms with Gasteiger partial charge in [0.1, 0.15) is 6.04 Å². The summed E-state index contributed by atoms with van der Waals surface area (Å²) in [6.07, 6.45) is 0.236. The van der Waals surface area contributed by atoms with Gasteiger partial charge in [-0.1, -0.05) is 26.0 Å². The molecule has 0 aliphatic carbocycles. The number of carboxylic acid groups (broad SMARTS) is 1. The highest BCUT2D eigenvalue weighted by molar-refractivity contribution is 5.84. The normalized spacial score (nSPS) is 12.0. The van der Waals surface area contributed by atoms with E-state index >= 15 is 0 Å². The van der Waals surface area contributed by atoms with E-state index in [-0.39, 0.29) is 18.0 Å². The van der Waals surface area contributed by atoms with Gasteiger partial charge in [0.15, 0.2) is 0 Å². The van der Waals surface area contributed by atoms with E-state index in [1.165, 1.54) is 18.2 Å². The molecule has 21 heavy (non-hydrogen) atoms. The third-order valence-corrected chi connectivity index (χ3v) is 2.83. The van der Waals surface area contributed by atoms with Crippen molar-refractivity contribution in [3.63, 3.8) is 0 Å². The zero-order valence-corrected chi connectivity index (χ0v) is 11.9. The molecule has 7 heteroatoms. The van der Waals surface area contributed by atoms with E-state index in [0.29, 0.717) is 12.0 Å². The number of rotatable bonds is 7. The van der Waals surface area contributed by atoms with Crippen LogP contribution >= 0.6 is 0 Å². The third kappa shape index (κ3) is 5.60. The Bertz CT molecular complexity index is 542. The molecule has 0 unspecified atom stereocenters. The second kappa shape index (κ2) is 7.37. The number of nitro benzene ring substituents is 1. The number of hydrogen-bond acceptors (Lipinski definition) is 4. The Balaban J connectivity index is 2.70. The van der Waals surface area contributed by atoms with Gasteiger partial charge in [-0.15, -0.1) is 0 Å². The molecule has 0 radical (unpaired) electrons. The molecule has 0 saturated heterocycles. The SMILES string of the molecule is CC(C)C[C@@H](NC(=O)Cc1cccc([N+](=O)[O-])c1)C(=O)O. The van der Waals surface area contributed by atoms with Gasteiger partial charge in [0.05, 0.1) is 11.3 Å². The topological polar surface area (TPSA) is 110 Å². The van der Waals surface area contributed by atoms with Crippen molar-refractivity contribution < 1.29 is 19.6 Å². The molecule has 7 nitrogen and oxygen atoms in total. The van der Waals surface area contributed by atoms with Gasteiger partial charge in [-0.05, 0) is 17.9 Å². The predicted octanol–water partition coefficient (Wildman–Crippen LogP) is 1.75. The van der Waals surface area contributed by atoms with E-state index in [0.717, 1.165) is 0 Å². The molecular formula is C14H18N2O5. The van der Waals surface area contributed by atoms with Crippen molar-refractivity contribution in [2.75, 3.05) is 0 Å². The lowest BCUT2D eigenvalue weighted by Gasteiger charge is -2.16. The standard InChI is InChI=1S/C14H18N2O5/c1-9(2)6-12(14(18)19)15-13(17)8-10-4-3-5-11(7-10)16(20)21/h3-5,7,9,12H,6,8H2,1-2H3,(H,15,17)(H,18,19)/t12-/m1/s1. The van der Waals surface area contributed by atoms with Gasteiger partial charge >= 0.3 is 5.97 Å². The summed E-state index contributed by atoms with van der Waals surface area (Å²) >= 11 is 0. The molecule has 2 N–H and O–H groups in total. The first-order valence-electron chi connectivity index (χ1n) is 6.55. The first kappa shape index (κ1) is 16.6. The molecule has 0 aromatic heterocycles. The average Bonchev–Trinajstić information content (AvgIpc) is 2.37. The number of nitrogens with one attached hydrogen (secondary N) is 1. The summed E-state index contributed by atoms with van der Waals surface area (Å²) in [6, 6.07) is 4.77. The fourth-order valence-electron chi connectivity index (χ4n) is 1.90. The monoisotopic (exact) mass is 294 g/mol. The van der Waals surface area contributed by atoms with Crippen LogP contribution in [0.2, 0.25) is 0 Å². The van der Waals surface area contributed by atoms with Crippen LogP contribution in [0.5, 0.6) is 0 Å². The molecule has 0 heterocycles. The molecule has 0 aliphatic heterocycles. The number of carbonyl (C=O) groups is 2. The van der Waals surface area contributed by atoms with Gasteiger partial charge < -0.3 is 10.4 Å². The zero-order chi connectivity index (χ0) is 16.0. The van der Waals surface area contributed by atoms with E-state index in [1.54, 1.807) is 6.07 Å². The molecule has 114 valence electrons. The maximum Gasteiger partial charge on any atom is 0.326 e. The zero-order valence-electron chi connectivity index (χ0n) is 11.9. The lowest BCUT2D eigenvalue weighted by Crippen LogP contribution is -2.42. The van der Waals surface area contributed by atoms with Crippen LogP contribution in [0.1, 0.15) is 25.8 Å². The van der Waals surface area contributed by atoms with Crippen molar-refractivity contribution in [2.24, 2.45) is 5.92 Å². The van der Waals surface area contributed by atoms with Crippen molar-refractivity contribution in [3.05, 3.63) is 39.9 Å². The van der Waals surface area contributed by atoms with Gasteiger partial charge in [-0.3, -0.25) is 14.9 Å². The fourth-order valence-corrected chi connectivity index (χ4v) is 1.90. The van der Waals surface area contributed by atoms with Crippen molar-refractivity contribution in [1.82, 2.24) is 5.32 Å². The van der Waals surface area contributed by atoms with E-state index < -0.39 is 22.8 Å². The lowest BCUT2D eigenvalue weighted by molar-refractivity contribution is -0.384. The molecule has 1 rings (SSSR count). The Hall–Kier alpha value is -2.44. The molecule has 0 saturated carbocycles. The maximum atomic E-state index is 11.8. The van der Waals surface area contributed by atoms with Crippen LogP contribution in [0, 0.1) is 16.0 Å². The fraction of sp³-hybridized carbons (Fsp3) is 0.429. The second-order valence-electron chi connectivity index (χ2n) is 5.19. The first-order valence-corrected chi connectivity index (χ1v) is 6.55. The minimum absolute atomic E-state index is 0.0937. The van der Waals surface area contributed by atoms with Crippen LogP contribution in [0.15, 0.2) is 24.3 Å². The largest absolute Gasteiger partial charge is 0.480 e. The average molecular weight is 294 g/mol. The molecule has 1 amide bonds. The van der Waals surface area contributed by atoms with Crippen molar-refractivity contribution in [3.8, 4) is 0 Å². The smallest absolute Gasteiger partial charge is 0.326 e. The number of benzene rings is 1. The summed E-state index contributed by atoms with van der Waals surface area (Å²) < 4.78 is 0. The molecule has 1 aromatic rings. The minimum atomic E-state index is -1.09. The summed E-state index contributed by atoms with van der Waals surface area (Å²) in [5, 5.41) is 22.1. The summed E-state index contributed by atoms with van der Waals surface area (Å²) in [6.45, 7) is 3.73. The van der Waals surface area contributed by atoms with Crippen molar-refractivity contribution >= 4 is 17.6 Å². The van der Waals surface area contributed by atoms with E-state index in [9.17, 15) is 19.7 Å². The Morgan fingerprint density at radius 2 is 2.05 bits per heavy atom. The Morgan fingerprint density at radius 3 is 2.57 bits per heavy atom. The van der Waals surface area contributed by atoms with Crippen LogP contribution in [-0.4, -0.2) is 27.9 Å². The molecule has 0 aliphatic rings. The Kier molecular flexibility index (Phi) is 5.83. The summed E-state index contributed by atoms with van der Waals surface area (Å²) in [5.74, 6) is -1.43. The number of amides is 1. The van der Waals surface area contributed by atoms with Crippen LogP contribution in [0.3, 0.4) is 0 Å². The number of non-ortho nitro benzene ring substituents is 1. The minimum Gasteiger partial charge on any atom is -0.480 e. The molecule has 0 spiro atoms. The number of nitro groups is 1. The highest BCUT2D eigenvalue weighted by Gasteiger charge is 2.21.